The smallest absolute Gasteiger partial charge is 0.256 e. The minimum Gasteiger partial charge on any atom is -0.320 e. The zero-order valence-corrected chi connectivity index (χ0v) is 13.6. The van der Waals surface area contributed by atoms with Crippen molar-refractivity contribution in [2.45, 2.75) is 0 Å². The van der Waals surface area contributed by atoms with Gasteiger partial charge in [0.1, 0.15) is 11.6 Å². The Hall–Kier alpha value is -0.980. The van der Waals surface area contributed by atoms with Crippen LogP contribution in [0.5, 0.6) is 0 Å². The molecule has 1 amide bonds. The molecule has 1 N–H and O–H groups in total. The lowest BCUT2D eigenvalue weighted by molar-refractivity contribution is 0.102. The zero-order valence-electron chi connectivity index (χ0n) is 9.68. The van der Waals surface area contributed by atoms with Gasteiger partial charge in [0.25, 0.3) is 5.91 Å². The molecule has 0 spiro atoms. The van der Waals surface area contributed by atoms with Crippen LogP contribution in [0.25, 0.3) is 0 Å². The van der Waals surface area contributed by atoms with E-state index in [-0.39, 0.29) is 16.3 Å². The van der Waals surface area contributed by atoms with Gasteiger partial charge in [-0.05, 0) is 62.2 Å². The monoisotopic (exact) mass is 423 g/mol. The van der Waals surface area contributed by atoms with Gasteiger partial charge in [-0.2, -0.15) is 0 Å². The van der Waals surface area contributed by atoms with E-state index in [4.69, 9.17) is 11.6 Å². The Morgan fingerprint density at radius 2 is 1.75 bits per heavy atom. The molecular weight excluding hydrogens is 419 g/mol. The van der Waals surface area contributed by atoms with Gasteiger partial charge in [-0.1, -0.05) is 11.6 Å². The van der Waals surface area contributed by atoms with Gasteiger partial charge in [-0.25, -0.2) is 8.78 Å². The van der Waals surface area contributed by atoms with Gasteiger partial charge >= 0.3 is 0 Å². The second-order valence-electron chi connectivity index (χ2n) is 3.82. The maximum atomic E-state index is 13.2. The molecule has 0 aliphatic rings. The first kappa shape index (κ1) is 15.4. The van der Waals surface area contributed by atoms with Crippen molar-refractivity contribution in [1.82, 2.24) is 0 Å². The molecule has 0 heterocycles. The van der Waals surface area contributed by atoms with Crippen molar-refractivity contribution >= 4 is 55.1 Å². The van der Waals surface area contributed by atoms with E-state index in [2.05, 4.69) is 37.2 Å². The molecule has 0 aliphatic carbocycles. The quantitative estimate of drug-likeness (QED) is 0.686. The summed E-state index contributed by atoms with van der Waals surface area (Å²) < 4.78 is 27.0. The van der Waals surface area contributed by atoms with Crippen LogP contribution in [0.1, 0.15) is 10.4 Å². The number of benzene rings is 2. The SMILES string of the molecule is O=C(Nc1c(Cl)cc(F)cc1Br)c1cc(F)ccc1Br. The number of hydrogen-bond donors (Lipinski definition) is 1. The fraction of sp³-hybridized carbons (Fsp3) is 0. The predicted molar refractivity (Wildman–Crippen MR) is 81.2 cm³/mol. The van der Waals surface area contributed by atoms with Crippen LogP contribution in [-0.4, -0.2) is 5.91 Å². The Balaban J connectivity index is 2.35. The van der Waals surface area contributed by atoms with Gasteiger partial charge in [-0.3, -0.25) is 4.79 Å². The van der Waals surface area contributed by atoms with E-state index in [9.17, 15) is 13.6 Å². The third-order valence-corrected chi connectivity index (χ3v) is 4.03. The Labute approximate surface area is 135 Å². The van der Waals surface area contributed by atoms with Gasteiger partial charge < -0.3 is 5.32 Å². The van der Waals surface area contributed by atoms with Gasteiger partial charge in [0.05, 0.1) is 16.3 Å². The van der Waals surface area contributed by atoms with E-state index >= 15 is 0 Å². The lowest BCUT2D eigenvalue weighted by Gasteiger charge is -2.10. The van der Waals surface area contributed by atoms with Crippen LogP contribution in [0.2, 0.25) is 5.02 Å². The average molecular weight is 425 g/mol. The predicted octanol–water partition coefficient (Wildman–Crippen LogP) is 5.40. The lowest BCUT2D eigenvalue weighted by atomic mass is 10.2. The van der Waals surface area contributed by atoms with Crippen LogP contribution in [-0.2, 0) is 0 Å². The average Bonchev–Trinajstić information content (AvgIpc) is 2.36. The molecule has 0 saturated carbocycles. The highest BCUT2D eigenvalue weighted by molar-refractivity contribution is 9.11. The van der Waals surface area contributed by atoms with Crippen molar-refractivity contribution in [2.75, 3.05) is 5.32 Å². The molecule has 0 fully saturated rings. The van der Waals surface area contributed by atoms with Gasteiger partial charge in [-0.15, -0.1) is 0 Å². The normalized spacial score (nSPS) is 10.4. The topological polar surface area (TPSA) is 29.1 Å². The lowest BCUT2D eigenvalue weighted by Crippen LogP contribution is -2.13. The summed E-state index contributed by atoms with van der Waals surface area (Å²) in [5.74, 6) is -1.64. The Morgan fingerprint density at radius 3 is 2.40 bits per heavy atom. The maximum absolute atomic E-state index is 13.2. The third-order valence-electron chi connectivity index (χ3n) is 2.42. The second-order valence-corrected chi connectivity index (χ2v) is 5.94. The summed E-state index contributed by atoms with van der Waals surface area (Å²) in [4.78, 5) is 12.1. The minimum absolute atomic E-state index is 0.0396. The van der Waals surface area contributed by atoms with Crippen LogP contribution in [0.4, 0.5) is 14.5 Å². The standard InChI is InChI=1S/C13H6Br2ClF2NO/c14-9-2-1-6(17)3-8(9)13(20)19-12-10(15)4-7(18)5-11(12)16/h1-5H,(H,19,20). The highest BCUT2D eigenvalue weighted by Gasteiger charge is 2.15. The van der Waals surface area contributed by atoms with Crippen molar-refractivity contribution in [3.63, 3.8) is 0 Å². The van der Waals surface area contributed by atoms with Crippen molar-refractivity contribution < 1.29 is 13.6 Å². The fourth-order valence-corrected chi connectivity index (χ4v) is 2.84. The van der Waals surface area contributed by atoms with Gasteiger partial charge in [0.15, 0.2) is 0 Å². The highest BCUT2D eigenvalue weighted by atomic mass is 79.9. The molecule has 0 aliphatic heterocycles. The molecular formula is C13H6Br2ClF2NO. The Bertz CT molecular complexity index is 671. The van der Waals surface area contributed by atoms with Crippen LogP contribution in [0.3, 0.4) is 0 Å². The fourth-order valence-electron chi connectivity index (χ4n) is 1.51. The first-order chi connectivity index (χ1) is 9.38. The second kappa shape index (κ2) is 6.20. The summed E-state index contributed by atoms with van der Waals surface area (Å²) in [6.45, 7) is 0. The number of carbonyl (C=O) groups excluding carboxylic acids is 1. The molecule has 0 aromatic heterocycles. The Morgan fingerprint density at radius 1 is 1.05 bits per heavy atom. The molecule has 2 rings (SSSR count). The van der Waals surface area contributed by atoms with Gasteiger partial charge in [0.2, 0.25) is 0 Å². The number of amides is 1. The zero-order chi connectivity index (χ0) is 14.9. The first-order valence-electron chi connectivity index (χ1n) is 5.29. The number of anilines is 1. The van der Waals surface area contributed by atoms with Crippen molar-refractivity contribution in [3.05, 3.63) is 61.5 Å². The van der Waals surface area contributed by atoms with E-state index in [1.165, 1.54) is 18.2 Å². The molecule has 0 bridgehead atoms. The summed E-state index contributed by atoms with van der Waals surface area (Å²) in [7, 11) is 0. The van der Waals surface area contributed by atoms with Gasteiger partial charge in [0, 0.05) is 8.95 Å². The molecule has 20 heavy (non-hydrogen) atoms. The summed E-state index contributed by atoms with van der Waals surface area (Å²) >= 11 is 12.1. The summed E-state index contributed by atoms with van der Waals surface area (Å²) in [6.07, 6.45) is 0. The first-order valence-corrected chi connectivity index (χ1v) is 7.26. The van der Waals surface area contributed by atoms with Crippen LogP contribution in [0.15, 0.2) is 39.3 Å². The Kier molecular flexibility index (Phi) is 4.78. The van der Waals surface area contributed by atoms with E-state index in [0.717, 1.165) is 12.1 Å². The number of nitrogens with one attached hydrogen (secondary N) is 1. The largest absolute Gasteiger partial charge is 0.320 e. The molecule has 0 atom stereocenters. The summed E-state index contributed by atoms with van der Waals surface area (Å²) in [5.41, 5.74) is 0.325. The molecule has 104 valence electrons. The molecule has 0 unspecified atom stereocenters. The number of halogens is 5. The third kappa shape index (κ3) is 3.37. The number of hydrogen-bond acceptors (Lipinski definition) is 1. The molecule has 0 radical (unpaired) electrons. The summed E-state index contributed by atoms with van der Waals surface area (Å²) in [6, 6.07) is 5.97. The van der Waals surface area contributed by atoms with Crippen molar-refractivity contribution in [2.24, 2.45) is 0 Å². The molecule has 2 aromatic rings. The van der Waals surface area contributed by atoms with Crippen LogP contribution in [0, 0.1) is 11.6 Å². The molecule has 7 heteroatoms. The van der Waals surface area contributed by atoms with E-state index in [0.29, 0.717) is 8.95 Å². The van der Waals surface area contributed by atoms with Crippen molar-refractivity contribution in [3.8, 4) is 0 Å². The molecule has 2 nitrogen and oxygen atoms in total. The van der Waals surface area contributed by atoms with Crippen LogP contribution >= 0.6 is 43.5 Å². The maximum Gasteiger partial charge on any atom is 0.256 e. The number of rotatable bonds is 2. The summed E-state index contributed by atoms with van der Waals surface area (Å²) in [5, 5.41) is 2.55. The minimum atomic E-state index is -0.564. The molecule has 2 aromatic carbocycles. The number of carbonyl (C=O) groups is 1. The molecule has 0 saturated heterocycles. The highest BCUT2D eigenvalue weighted by Crippen LogP contribution is 2.32. The van der Waals surface area contributed by atoms with Crippen LogP contribution < -0.4 is 5.32 Å². The van der Waals surface area contributed by atoms with E-state index in [1.54, 1.807) is 0 Å². The van der Waals surface area contributed by atoms with Crippen molar-refractivity contribution in [1.29, 1.82) is 0 Å². The van der Waals surface area contributed by atoms with E-state index < -0.39 is 17.5 Å². The van der Waals surface area contributed by atoms with E-state index in [1.807, 2.05) is 0 Å².